The predicted molar refractivity (Wildman–Crippen MR) is 71.9 cm³/mol. The maximum absolute atomic E-state index is 11.1. The molecule has 0 saturated heterocycles. The fourth-order valence-corrected chi connectivity index (χ4v) is 2.13. The third kappa shape index (κ3) is 3.00. The highest BCUT2D eigenvalue weighted by molar-refractivity contribution is 5.34. The van der Waals surface area contributed by atoms with Crippen LogP contribution in [0.2, 0.25) is 0 Å². The van der Waals surface area contributed by atoms with E-state index in [-0.39, 0.29) is 11.3 Å². The first kappa shape index (κ1) is 12.4. The van der Waals surface area contributed by atoms with Gasteiger partial charge in [-0.1, -0.05) is 30.3 Å². The molecular weight excluding hydrogens is 226 g/mol. The van der Waals surface area contributed by atoms with E-state index in [1.54, 1.807) is 0 Å². The summed E-state index contributed by atoms with van der Waals surface area (Å²) in [5.74, 6) is 0.101. The van der Waals surface area contributed by atoms with Gasteiger partial charge in [0.05, 0.1) is 0 Å². The van der Waals surface area contributed by atoms with Gasteiger partial charge in [0, 0.05) is 17.3 Å². The smallest absolute Gasteiger partial charge is 0.251 e. The molecule has 3 nitrogen and oxygen atoms in total. The van der Waals surface area contributed by atoms with Crippen LogP contribution in [0, 0.1) is 6.92 Å². The van der Waals surface area contributed by atoms with Gasteiger partial charge in [0.15, 0.2) is 0 Å². The number of rotatable bonds is 4. The zero-order valence-electron chi connectivity index (χ0n) is 10.4. The minimum atomic E-state index is -0.253. The molecule has 2 aromatic rings. The van der Waals surface area contributed by atoms with Crippen molar-refractivity contribution in [1.29, 1.82) is 0 Å². The summed E-state index contributed by atoms with van der Waals surface area (Å²) >= 11 is 0. The summed E-state index contributed by atoms with van der Waals surface area (Å²) in [6.07, 6.45) is 2.69. The lowest BCUT2D eigenvalue weighted by molar-refractivity contribution is 0.464. The maximum atomic E-state index is 11.1. The SMILES string of the molecule is Cc1[nH]c(=O)cc(O)c1CCCc1ccccc1. The quantitative estimate of drug-likeness (QED) is 0.867. The summed E-state index contributed by atoms with van der Waals surface area (Å²) in [7, 11) is 0. The van der Waals surface area contributed by atoms with E-state index in [9.17, 15) is 9.90 Å². The lowest BCUT2D eigenvalue weighted by Crippen LogP contribution is -2.08. The van der Waals surface area contributed by atoms with Gasteiger partial charge in [-0.3, -0.25) is 4.79 Å². The second kappa shape index (κ2) is 5.54. The van der Waals surface area contributed by atoms with Gasteiger partial charge in [-0.05, 0) is 31.7 Å². The van der Waals surface area contributed by atoms with Crippen LogP contribution in [0.4, 0.5) is 0 Å². The zero-order valence-corrected chi connectivity index (χ0v) is 10.4. The number of aromatic amines is 1. The topological polar surface area (TPSA) is 53.1 Å². The van der Waals surface area contributed by atoms with Crippen molar-refractivity contribution in [2.75, 3.05) is 0 Å². The van der Waals surface area contributed by atoms with Gasteiger partial charge in [0.25, 0.3) is 5.56 Å². The molecule has 2 N–H and O–H groups in total. The molecule has 18 heavy (non-hydrogen) atoms. The molecule has 0 amide bonds. The lowest BCUT2D eigenvalue weighted by atomic mass is 10.0. The summed E-state index contributed by atoms with van der Waals surface area (Å²) in [5.41, 5.74) is 2.63. The van der Waals surface area contributed by atoms with Crippen LogP contribution in [-0.2, 0) is 12.8 Å². The highest BCUT2D eigenvalue weighted by atomic mass is 16.3. The Balaban J connectivity index is 2.01. The molecule has 0 fully saturated rings. The van der Waals surface area contributed by atoms with Crippen LogP contribution < -0.4 is 5.56 Å². The number of aromatic hydroxyl groups is 1. The number of hydrogen-bond acceptors (Lipinski definition) is 2. The summed E-state index contributed by atoms with van der Waals surface area (Å²) in [6.45, 7) is 1.82. The molecule has 1 aromatic heterocycles. The highest BCUT2D eigenvalue weighted by Crippen LogP contribution is 2.19. The van der Waals surface area contributed by atoms with Crippen molar-refractivity contribution in [3.8, 4) is 5.75 Å². The minimum Gasteiger partial charge on any atom is -0.507 e. The average Bonchev–Trinajstić information content (AvgIpc) is 2.34. The van der Waals surface area contributed by atoms with Crippen LogP contribution in [0.1, 0.15) is 23.2 Å². The molecule has 0 aliphatic rings. The van der Waals surface area contributed by atoms with E-state index in [0.29, 0.717) is 0 Å². The molecule has 1 aromatic carbocycles. The second-order valence-corrected chi connectivity index (χ2v) is 4.46. The summed E-state index contributed by atoms with van der Waals surface area (Å²) in [5, 5.41) is 9.75. The zero-order chi connectivity index (χ0) is 13.0. The fraction of sp³-hybridized carbons (Fsp3) is 0.267. The molecule has 0 aliphatic heterocycles. The average molecular weight is 243 g/mol. The van der Waals surface area contributed by atoms with Crippen molar-refractivity contribution in [2.24, 2.45) is 0 Å². The van der Waals surface area contributed by atoms with E-state index in [1.165, 1.54) is 11.6 Å². The van der Waals surface area contributed by atoms with Gasteiger partial charge in [-0.15, -0.1) is 0 Å². The molecule has 0 atom stereocenters. The number of pyridine rings is 1. The lowest BCUT2D eigenvalue weighted by Gasteiger charge is -2.07. The van der Waals surface area contributed by atoms with Gasteiger partial charge in [0.1, 0.15) is 5.75 Å². The molecule has 0 bridgehead atoms. The van der Waals surface area contributed by atoms with Crippen molar-refractivity contribution in [2.45, 2.75) is 26.2 Å². The first-order valence-electron chi connectivity index (χ1n) is 6.12. The molecule has 3 heteroatoms. The number of aryl methyl sites for hydroxylation is 2. The standard InChI is InChI=1S/C15H17NO2/c1-11-13(14(17)10-15(18)16-11)9-5-8-12-6-3-2-4-7-12/h2-4,6-7,10H,5,8-9H2,1H3,(H2,16,17,18). The normalized spacial score (nSPS) is 10.5. The van der Waals surface area contributed by atoms with Gasteiger partial charge >= 0.3 is 0 Å². The van der Waals surface area contributed by atoms with Crippen molar-refractivity contribution >= 4 is 0 Å². The molecule has 0 aliphatic carbocycles. The molecule has 2 rings (SSSR count). The Bertz CT molecular complexity index is 547. The fourth-order valence-electron chi connectivity index (χ4n) is 2.13. The maximum Gasteiger partial charge on any atom is 0.251 e. The third-order valence-electron chi connectivity index (χ3n) is 3.08. The van der Waals surface area contributed by atoms with Crippen molar-refractivity contribution in [3.05, 3.63) is 63.6 Å². The Kier molecular flexibility index (Phi) is 3.82. The first-order valence-corrected chi connectivity index (χ1v) is 6.12. The Labute approximate surface area is 106 Å². The van der Waals surface area contributed by atoms with Gasteiger partial charge in [-0.25, -0.2) is 0 Å². The number of aromatic nitrogens is 1. The van der Waals surface area contributed by atoms with Crippen LogP contribution in [0.25, 0.3) is 0 Å². The monoisotopic (exact) mass is 243 g/mol. The molecule has 94 valence electrons. The van der Waals surface area contributed by atoms with Crippen LogP contribution >= 0.6 is 0 Å². The van der Waals surface area contributed by atoms with Crippen LogP contribution in [-0.4, -0.2) is 10.1 Å². The van der Waals surface area contributed by atoms with Crippen molar-refractivity contribution in [3.63, 3.8) is 0 Å². The van der Waals surface area contributed by atoms with E-state index >= 15 is 0 Å². The van der Waals surface area contributed by atoms with Crippen LogP contribution in [0.3, 0.4) is 0 Å². The number of benzene rings is 1. The predicted octanol–water partition coefficient (Wildman–Crippen LogP) is 2.56. The molecule has 0 radical (unpaired) electrons. The van der Waals surface area contributed by atoms with Crippen LogP contribution in [0.5, 0.6) is 5.75 Å². The number of nitrogens with one attached hydrogen (secondary N) is 1. The first-order chi connectivity index (χ1) is 8.66. The minimum absolute atomic E-state index is 0.101. The molecule has 0 unspecified atom stereocenters. The van der Waals surface area contributed by atoms with Gasteiger partial charge < -0.3 is 10.1 Å². The van der Waals surface area contributed by atoms with E-state index in [2.05, 4.69) is 17.1 Å². The van der Waals surface area contributed by atoms with Gasteiger partial charge in [0.2, 0.25) is 0 Å². The largest absolute Gasteiger partial charge is 0.507 e. The third-order valence-corrected chi connectivity index (χ3v) is 3.08. The Morgan fingerprint density at radius 2 is 1.89 bits per heavy atom. The van der Waals surface area contributed by atoms with E-state index in [0.717, 1.165) is 30.5 Å². The number of hydrogen-bond donors (Lipinski definition) is 2. The molecular formula is C15H17NO2. The van der Waals surface area contributed by atoms with Crippen molar-refractivity contribution in [1.82, 2.24) is 4.98 Å². The van der Waals surface area contributed by atoms with Gasteiger partial charge in [-0.2, -0.15) is 0 Å². The molecule has 0 spiro atoms. The van der Waals surface area contributed by atoms with E-state index in [1.807, 2.05) is 25.1 Å². The van der Waals surface area contributed by atoms with Crippen molar-refractivity contribution < 1.29 is 5.11 Å². The van der Waals surface area contributed by atoms with Crippen LogP contribution in [0.15, 0.2) is 41.2 Å². The van der Waals surface area contributed by atoms with E-state index < -0.39 is 0 Å². The second-order valence-electron chi connectivity index (χ2n) is 4.46. The molecule has 1 heterocycles. The molecule has 0 saturated carbocycles. The summed E-state index contributed by atoms with van der Waals surface area (Å²) < 4.78 is 0. The Hall–Kier alpha value is -2.03. The Morgan fingerprint density at radius 1 is 1.17 bits per heavy atom. The number of H-pyrrole nitrogens is 1. The summed E-state index contributed by atoms with van der Waals surface area (Å²) in [6, 6.07) is 11.5. The highest BCUT2D eigenvalue weighted by Gasteiger charge is 2.06. The van der Waals surface area contributed by atoms with E-state index in [4.69, 9.17) is 0 Å². The summed E-state index contributed by atoms with van der Waals surface area (Å²) in [4.78, 5) is 13.9. The Morgan fingerprint density at radius 3 is 2.56 bits per heavy atom.